The third-order valence-corrected chi connectivity index (χ3v) is 1.66. The van der Waals surface area contributed by atoms with Crippen LogP contribution in [0.5, 0.6) is 0 Å². The Labute approximate surface area is 67.4 Å². The van der Waals surface area contributed by atoms with Crippen molar-refractivity contribution in [1.82, 2.24) is 5.32 Å². The number of alkyl carbamates (subject to hydrolysis) is 1. The lowest BCUT2D eigenvalue weighted by atomic mass is 10.1. The Balaban J connectivity index is 3.87. The summed E-state index contributed by atoms with van der Waals surface area (Å²) in [6, 6.07) is 0.0486. The minimum atomic E-state index is -0.390. The van der Waals surface area contributed by atoms with Crippen LogP contribution in [-0.2, 0) is 4.74 Å². The monoisotopic (exact) mass is 157 g/mol. The lowest BCUT2D eigenvalue weighted by molar-refractivity contribution is 0.169. The van der Waals surface area contributed by atoms with Crippen molar-refractivity contribution in [1.29, 1.82) is 0 Å². The Morgan fingerprint density at radius 1 is 1.64 bits per heavy atom. The van der Waals surface area contributed by atoms with E-state index in [2.05, 4.69) is 10.1 Å². The highest BCUT2D eigenvalue weighted by Crippen LogP contribution is 1.99. The molecule has 0 saturated heterocycles. The quantitative estimate of drug-likeness (QED) is 0.619. The standard InChI is InChI=1S/C8H15NO2/c1-5-6(2)7(3)9-8(10)11-4/h5,7H,1-4H3,(H,9,10)/b6-5-. The van der Waals surface area contributed by atoms with Crippen LogP contribution in [0.1, 0.15) is 20.8 Å². The fourth-order valence-corrected chi connectivity index (χ4v) is 0.600. The van der Waals surface area contributed by atoms with Crippen LogP contribution in [0.25, 0.3) is 0 Å². The largest absolute Gasteiger partial charge is 0.453 e. The van der Waals surface area contributed by atoms with Crippen molar-refractivity contribution >= 4 is 6.09 Å². The molecule has 0 aromatic carbocycles. The van der Waals surface area contributed by atoms with E-state index < -0.39 is 6.09 Å². The number of nitrogens with one attached hydrogen (secondary N) is 1. The second-order valence-electron chi connectivity index (χ2n) is 2.39. The van der Waals surface area contributed by atoms with Crippen LogP contribution >= 0.6 is 0 Å². The third kappa shape index (κ3) is 3.65. The second-order valence-corrected chi connectivity index (χ2v) is 2.39. The van der Waals surface area contributed by atoms with E-state index in [9.17, 15) is 4.79 Å². The number of allylic oxidation sites excluding steroid dienone is 1. The Bertz CT molecular complexity index is 163. The van der Waals surface area contributed by atoms with E-state index in [0.29, 0.717) is 0 Å². The molecule has 0 aliphatic heterocycles. The first-order valence-corrected chi connectivity index (χ1v) is 3.59. The maximum atomic E-state index is 10.7. The van der Waals surface area contributed by atoms with E-state index in [1.807, 2.05) is 26.8 Å². The summed E-state index contributed by atoms with van der Waals surface area (Å²) >= 11 is 0. The van der Waals surface area contributed by atoms with E-state index in [4.69, 9.17) is 0 Å². The van der Waals surface area contributed by atoms with Gasteiger partial charge in [-0.15, -0.1) is 0 Å². The Kier molecular flexibility index (Phi) is 4.34. The van der Waals surface area contributed by atoms with Gasteiger partial charge in [0.15, 0.2) is 0 Å². The fraction of sp³-hybridized carbons (Fsp3) is 0.625. The highest BCUT2D eigenvalue weighted by Gasteiger charge is 2.06. The van der Waals surface area contributed by atoms with E-state index in [1.165, 1.54) is 7.11 Å². The van der Waals surface area contributed by atoms with Gasteiger partial charge in [-0.05, 0) is 20.8 Å². The molecule has 1 atom stereocenters. The number of rotatable bonds is 2. The van der Waals surface area contributed by atoms with Crippen LogP contribution in [0.3, 0.4) is 0 Å². The van der Waals surface area contributed by atoms with Gasteiger partial charge in [-0.25, -0.2) is 4.79 Å². The van der Waals surface area contributed by atoms with Gasteiger partial charge < -0.3 is 10.1 Å². The molecule has 0 aromatic heterocycles. The van der Waals surface area contributed by atoms with Crippen molar-refractivity contribution < 1.29 is 9.53 Å². The van der Waals surface area contributed by atoms with Gasteiger partial charge in [0.25, 0.3) is 0 Å². The number of hydrogen-bond donors (Lipinski definition) is 1. The molecule has 0 radical (unpaired) electrons. The lowest BCUT2D eigenvalue weighted by Crippen LogP contribution is -2.33. The zero-order valence-corrected chi connectivity index (χ0v) is 7.47. The summed E-state index contributed by atoms with van der Waals surface area (Å²) in [4.78, 5) is 10.7. The predicted molar refractivity (Wildman–Crippen MR) is 44.4 cm³/mol. The van der Waals surface area contributed by atoms with Gasteiger partial charge in [-0.2, -0.15) is 0 Å². The lowest BCUT2D eigenvalue weighted by Gasteiger charge is -2.12. The van der Waals surface area contributed by atoms with E-state index in [1.54, 1.807) is 0 Å². The summed E-state index contributed by atoms with van der Waals surface area (Å²) in [5.74, 6) is 0. The fourth-order valence-electron chi connectivity index (χ4n) is 0.600. The summed E-state index contributed by atoms with van der Waals surface area (Å²) in [6.45, 7) is 5.80. The number of methoxy groups -OCH3 is 1. The van der Waals surface area contributed by atoms with Crippen LogP contribution in [0, 0.1) is 0 Å². The molecule has 0 saturated carbocycles. The van der Waals surface area contributed by atoms with E-state index in [0.717, 1.165) is 5.57 Å². The first kappa shape index (κ1) is 10.0. The number of ether oxygens (including phenoxy) is 1. The average molecular weight is 157 g/mol. The van der Waals surface area contributed by atoms with Crippen LogP contribution in [0.4, 0.5) is 4.79 Å². The molecule has 0 aliphatic rings. The summed E-state index contributed by atoms with van der Waals surface area (Å²) in [5.41, 5.74) is 1.12. The van der Waals surface area contributed by atoms with Crippen molar-refractivity contribution in [2.24, 2.45) is 0 Å². The normalized spacial score (nSPS) is 14.0. The summed E-state index contributed by atoms with van der Waals surface area (Å²) < 4.78 is 4.44. The molecule has 0 aliphatic carbocycles. The Morgan fingerprint density at radius 3 is 2.55 bits per heavy atom. The average Bonchev–Trinajstić information content (AvgIpc) is 2.02. The van der Waals surface area contributed by atoms with Crippen molar-refractivity contribution in [3.8, 4) is 0 Å². The van der Waals surface area contributed by atoms with Gasteiger partial charge in [0.05, 0.1) is 13.2 Å². The van der Waals surface area contributed by atoms with Crippen molar-refractivity contribution in [3.05, 3.63) is 11.6 Å². The molecular formula is C8H15NO2. The molecule has 1 N–H and O–H groups in total. The molecule has 0 fully saturated rings. The van der Waals surface area contributed by atoms with Crippen LogP contribution < -0.4 is 5.32 Å². The zero-order chi connectivity index (χ0) is 8.85. The van der Waals surface area contributed by atoms with Crippen LogP contribution in [0.15, 0.2) is 11.6 Å². The Morgan fingerprint density at radius 2 is 2.18 bits per heavy atom. The molecule has 0 rings (SSSR count). The van der Waals surface area contributed by atoms with Gasteiger partial charge in [-0.3, -0.25) is 0 Å². The molecule has 0 bridgehead atoms. The molecule has 64 valence electrons. The minimum Gasteiger partial charge on any atom is -0.453 e. The van der Waals surface area contributed by atoms with Gasteiger partial charge in [0.2, 0.25) is 0 Å². The summed E-state index contributed by atoms with van der Waals surface area (Å²) in [6.07, 6.45) is 1.57. The van der Waals surface area contributed by atoms with Gasteiger partial charge in [-0.1, -0.05) is 11.6 Å². The van der Waals surface area contributed by atoms with Gasteiger partial charge in [0.1, 0.15) is 0 Å². The molecular weight excluding hydrogens is 142 g/mol. The first-order chi connectivity index (χ1) is 5.11. The molecule has 0 aromatic rings. The smallest absolute Gasteiger partial charge is 0.407 e. The number of carbonyl (C=O) groups is 1. The maximum absolute atomic E-state index is 10.7. The zero-order valence-electron chi connectivity index (χ0n) is 7.47. The minimum absolute atomic E-state index is 0.0486. The summed E-state index contributed by atoms with van der Waals surface area (Å²) in [7, 11) is 1.35. The van der Waals surface area contributed by atoms with Crippen molar-refractivity contribution in [2.45, 2.75) is 26.8 Å². The van der Waals surface area contributed by atoms with Crippen LogP contribution in [0.2, 0.25) is 0 Å². The van der Waals surface area contributed by atoms with Gasteiger partial charge in [0, 0.05) is 0 Å². The van der Waals surface area contributed by atoms with E-state index in [-0.39, 0.29) is 6.04 Å². The topological polar surface area (TPSA) is 38.3 Å². The molecule has 0 spiro atoms. The van der Waals surface area contributed by atoms with Crippen molar-refractivity contribution in [2.75, 3.05) is 7.11 Å². The Hall–Kier alpha value is -0.990. The molecule has 3 nitrogen and oxygen atoms in total. The SMILES string of the molecule is C/C=C(/C)C(C)NC(=O)OC. The number of carbonyl (C=O) groups excluding carboxylic acids is 1. The molecule has 1 amide bonds. The predicted octanol–water partition coefficient (Wildman–Crippen LogP) is 1.70. The van der Waals surface area contributed by atoms with Crippen molar-refractivity contribution in [3.63, 3.8) is 0 Å². The highest BCUT2D eigenvalue weighted by atomic mass is 16.5. The van der Waals surface area contributed by atoms with Crippen LogP contribution in [-0.4, -0.2) is 19.2 Å². The molecule has 11 heavy (non-hydrogen) atoms. The number of amides is 1. The maximum Gasteiger partial charge on any atom is 0.407 e. The second kappa shape index (κ2) is 4.77. The third-order valence-electron chi connectivity index (χ3n) is 1.66. The highest BCUT2D eigenvalue weighted by molar-refractivity contribution is 5.67. The van der Waals surface area contributed by atoms with E-state index >= 15 is 0 Å². The van der Waals surface area contributed by atoms with Gasteiger partial charge >= 0.3 is 6.09 Å². The molecule has 1 unspecified atom stereocenters. The molecule has 3 heteroatoms. The number of hydrogen-bond acceptors (Lipinski definition) is 2. The molecule has 0 heterocycles. The first-order valence-electron chi connectivity index (χ1n) is 3.59. The summed E-state index contributed by atoms with van der Waals surface area (Å²) in [5, 5.41) is 2.65.